The summed E-state index contributed by atoms with van der Waals surface area (Å²) in [4.78, 5) is 16.1. The van der Waals surface area contributed by atoms with E-state index in [-0.39, 0.29) is 5.28 Å². The summed E-state index contributed by atoms with van der Waals surface area (Å²) in [6.07, 6.45) is 2.59. The Morgan fingerprint density at radius 2 is 2.11 bits per heavy atom. The second kappa shape index (κ2) is 4.41. The molecule has 0 radical (unpaired) electrons. The van der Waals surface area contributed by atoms with Crippen molar-refractivity contribution >= 4 is 28.6 Å². The molecule has 9 heteroatoms. The Morgan fingerprint density at radius 1 is 1.26 bits per heavy atom. The highest BCUT2D eigenvalue weighted by Crippen LogP contribution is 2.22. The number of hydrogen-bond donors (Lipinski definition) is 2. The van der Waals surface area contributed by atoms with E-state index in [9.17, 15) is 4.39 Å². The highest BCUT2D eigenvalue weighted by molar-refractivity contribution is 6.28. The zero-order valence-electron chi connectivity index (χ0n) is 9.38. The molecule has 0 aromatic carbocycles. The molecular weight excluding hydrogens is 273 g/mol. The average molecular weight is 280 g/mol. The van der Waals surface area contributed by atoms with Gasteiger partial charge in [0.05, 0.1) is 6.20 Å². The molecule has 7 nitrogen and oxygen atoms in total. The molecule has 0 spiro atoms. The molecule has 3 rings (SSSR count). The van der Waals surface area contributed by atoms with Crippen LogP contribution in [0.3, 0.4) is 0 Å². The number of nitrogen functional groups attached to an aromatic ring is 1. The Balaban J connectivity index is 2.25. The van der Waals surface area contributed by atoms with Crippen LogP contribution in [0.25, 0.3) is 17.0 Å². The summed E-state index contributed by atoms with van der Waals surface area (Å²) in [7, 11) is 0. The van der Waals surface area contributed by atoms with Crippen molar-refractivity contribution in [2.24, 2.45) is 5.84 Å². The predicted octanol–water partition coefficient (Wildman–Crippen LogP) is 1.29. The van der Waals surface area contributed by atoms with Gasteiger partial charge in [-0.1, -0.05) is 0 Å². The second-order valence-corrected chi connectivity index (χ2v) is 3.95. The fraction of sp³-hybridized carbons (Fsp3) is 0. The zero-order chi connectivity index (χ0) is 13.4. The van der Waals surface area contributed by atoms with Crippen molar-refractivity contribution in [3.8, 4) is 5.82 Å². The van der Waals surface area contributed by atoms with Crippen molar-refractivity contribution in [3.05, 3.63) is 35.8 Å². The lowest BCUT2D eigenvalue weighted by molar-refractivity contribution is 0.620. The Bertz CT molecular complexity index is 739. The summed E-state index contributed by atoms with van der Waals surface area (Å²) >= 11 is 5.80. The van der Waals surface area contributed by atoms with Crippen LogP contribution >= 0.6 is 11.6 Å². The first-order valence-corrected chi connectivity index (χ1v) is 5.56. The highest BCUT2D eigenvalue weighted by atomic mass is 35.5. The first kappa shape index (κ1) is 11.8. The average Bonchev–Trinajstić information content (AvgIpc) is 2.82. The molecule has 3 aromatic rings. The van der Waals surface area contributed by atoms with Gasteiger partial charge in [0.15, 0.2) is 17.0 Å². The lowest BCUT2D eigenvalue weighted by Gasteiger charge is -2.04. The normalized spacial score (nSPS) is 10.9. The molecule has 19 heavy (non-hydrogen) atoms. The van der Waals surface area contributed by atoms with E-state index < -0.39 is 5.82 Å². The number of hydrogen-bond acceptors (Lipinski definition) is 6. The van der Waals surface area contributed by atoms with E-state index in [1.807, 2.05) is 0 Å². The molecular formula is C10H7ClFN7. The van der Waals surface area contributed by atoms with Gasteiger partial charge in [0.25, 0.3) is 0 Å². The van der Waals surface area contributed by atoms with Crippen molar-refractivity contribution in [2.75, 3.05) is 5.43 Å². The molecule has 0 aliphatic rings. The van der Waals surface area contributed by atoms with E-state index in [0.717, 1.165) is 6.20 Å². The SMILES string of the molecule is NNc1nc(Cl)nc2c1ncn2-c1ccc(F)cn1. The molecule has 0 aliphatic carbocycles. The van der Waals surface area contributed by atoms with Crippen molar-refractivity contribution in [2.45, 2.75) is 0 Å². The number of pyridine rings is 1. The fourth-order valence-electron chi connectivity index (χ4n) is 1.65. The van der Waals surface area contributed by atoms with E-state index in [1.165, 1.54) is 18.5 Å². The van der Waals surface area contributed by atoms with Gasteiger partial charge in [0.2, 0.25) is 5.28 Å². The Hall–Kier alpha value is -2.32. The number of halogens is 2. The molecule has 0 atom stereocenters. The maximum atomic E-state index is 12.9. The number of fused-ring (bicyclic) bond motifs is 1. The summed E-state index contributed by atoms with van der Waals surface area (Å²) in [5, 5.41) is 0.0179. The van der Waals surface area contributed by atoms with Crippen LogP contribution in [0, 0.1) is 5.82 Å². The lowest BCUT2D eigenvalue weighted by Crippen LogP contribution is -2.10. The maximum absolute atomic E-state index is 12.9. The number of nitrogens with two attached hydrogens (primary N) is 1. The lowest BCUT2D eigenvalue weighted by atomic mass is 10.4. The van der Waals surface area contributed by atoms with Crippen LogP contribution in [0.5, 0.6) is 0 Å². The second-order valence-electron chi connectivity index (χ2n) is 3.61. The van der Waals surface area contributed by atoms with E-state index in [1.54, 1.807) is 4.57 Å². The van der Waals surface area contributed by atoms with Gasteiger partial charge in [-0.15, -0.1) is 0 Å². The van der Waals surface area contributed by atoms with Gasteiger partial charge in [0.1, 0.15) is 18.0 Å². The first-order chi connectivity index (χ1) is 9.19. The molecule has 3 aromatic heterocycles. The van der Waals surface area contributed by atoms with Crippen LogP contribution in [-0.4, -0.2) is 24.5 Å². The van der Waals surface area contributed by atoms with Crippen LogP contribution in [0.2, 0.25) is 5.28 Å². The number of anilines is 1. The molecule has 0 fully saturated rings. The van der Waals surface area contributed by atoms with Crippen molar-refractivity contribution in [1.29, 1.82) is 0 Å². The van der Waals surface area contributed by atoms with Crippen LogP contribution in [0.1, 0.15) is 0 Å². The predicted molar refractivity (Wildman–Crippen MR) is 67.2 cm³/mol. The smallest absolute Gasteiger partial charge is 0.226 e. The standard InChI is InChI=1S/C10H7ClFN7/c11-10-16-8(18-13)7-9(17-10)19(4-15-7)6-2-1-5(12)3-14-6/h1-4H,13H2,(H,16,17,18). The maximum Gasteiger partial charge on any atom is 0.226 e. The third kappa shape index (κ3) is 1.96. The number of nitrogens with one attached hydrogen (secondary N) is 1. The quantitative estimate of drug-likeness (QED) is 0.417. The van der Waals surface area contributed by atoms with Gasteiger partial charge in [-0.05, 0) is 23.7 Å². The molecule has 3 N–H and O–H groups in total. The van der Waals surface area contributed by atoms with E-state index in [2.05, 4.69) is 25.4 Å². The Labute approximate surface area is 111 Å². The van der Waals surface area contributed by atoms with E-state index >= 15 is 0 Å². The molecule has 0 bridgehead atoms. The summed E-state index contributed by atoms with van der Waals surface area (Å²) < 4.78 is 14.4. The molecule has 3 heterocycles. The summed E-state index contributed by atoms with van der Waals surface area (Å²) in [5.41, 5.74) is 3.26. The molecule has 96 valence electrons. The molecule has 0 aliphatic heterocycles. The van der Waals surface area contributed by atoms with Gasteiger partial charge in [-0.25, -0.2) is 20.2 Å². The fourth-order valence-corrected chi connectivity index (χ4v) is 1.82. The van der Waals surface area contributed by atoms with Crippen LogP contribution in [-0.2, 0) is 0 Å². The zero-order valence-corrected chi connectivity index (χ0v) is 10.1. The minimum Gasteiger partial charge on any atom is -0.306 e. The number of rotatable bonds is 2. The summed E-state index contributed by atoms with van der Waals surface area (Å²) in [6, 6.07) is 2.79. The van der Waals surface area contributed by atoms with E-state index in [4.69, 9.17) is 17.4 Å². The summed E-state index contributed by atoms with van der Waals surface area (Å²) in [6.45, 7) is 0. The van der Waals surface area contributed by atoms with Gasteiger partial charge in [-0.2, -0.15) is 9.97 Å². The minimum atomic E-state index is -0.426. The van der Waals surface area contributed by atoms with Crippen molar-refractivity contribution in [3.63, 3.8) is 0 Å². The van der Waals surface area contributed by atoms with Crippen LogP contribution in [0.15, 0.2) is 24.7 Å². The largest absolute Gasteiger partial charge is 0.306 e. The topological polar surface area (TPSA) is 94.5 Å². The molecule has 0 saturated carbocycles. The number of imidazole rings is 1. The number of aromatic nitrogens is 5. The van der Waals surface area contributed by atoms with Gasteiger partial charge in [-0.3, -0.25) is 4.57 Å². The number of hydrazine groups is 1. The molecule has 0 saturated heterocycles. The third-order valence-electron chi connectivity index (χ3n) is 2.46. The van der Waals surface area contributed by atoms with Crippen LogP contribution < -0.4 is 11.3 Å². The Kier molecular flexibility index (Phi) is 2.73. The minimum absolute atomic E-state index is 0.0179. The third-order valence-corrected chi connectivity index (χ3v) is 2.63. The molecule has 0 unspecified atom stereocenters. The monoisotopic (exact) mass is 279 g/mol. The van der Waals surface area contributed by atoms with Crippen molar-refractivity contribution < 1.29 is 4.39 Å². The van der Waals surface area contributed by atoms with Crippen molar-refractivity contribution in [1.82, 2.24) is 24.5 Å². The van der Waals surface area contributed by atoms with Gasteiger partial charge in [0, 0.05) is 0 Å². The first-order valence-electron chi connectivity index (χ1n) is 5.18. The Morgan fingerprint density at radius 3 is 2.79 bits per heavy atom. The van der Waals surface area contributed by atoms with Gasteiger partial charge >= 0.3 is 0 Å². The number of nitrogens with zero attached hydrogens (tertiary/aromatic N) is 5. The highest BCUT2D eigenvalue weighted by Gasteiger charge is 2.13. The summed E-state index contributed by atoms with van der Waals surface area (Å²) in [5.74, 6) is 5.67. The van der Waals surface area contributed by atoms with E-state index in [0.29, 0.717) is 22.8 Å². The molecule has 0 amide bonds. The van der Waals surface area contributed by atoms with Crippen LogP contribution in [0.4, 0.5) is 10.2 Å². The van der Waals surface area contributed by atoms with Gasteiger partial charge < -0.3 is 5.43 Å².